The summed E-state index contributed by atoms with van der Waals surface area (Å²) in [5, 5.41) is 7.83. The molecule has 1 aliphatic heterocycles. The Hall–Kier alpha value is -2.62. The van der Waals surface area contributed by atoms with E-state index in [9.17, 15) is 0 Å². The van der Waals surface area contributed by atoms with Crippen molar-refractivity contribution in [1.29, 1.82) is 0 Å². The van der Waals surface area contributed by atoms with Crippen LogP contribution in [0.25, 0.3) is 0 Å². The van der Waals surface area contributed by atoms with E-state index < -0.39 is 0 Å². The van der Waals surface area contributed by atoms with E-state index in [1.807, 2.05) is 24.3 Å². The third kappa shape index (κ3) is 4.87. The number of rotatable bonds is 5. The molecule has 0 amide bonds. The Kier molecular flexibility index (Phi) is 6.28. The Labute approximate surface area is 178 Å². The summed E-state index contributed by atoms with van der Waals surface area (Å²) in [5.74, 6) is 0. The molecule has 0 aliphatic carbocycles. The van der Waals surface area contributed by atoms with E-state index in [0.717, 1.165) is 42.5 Å². The number of hydrogen-bond donors (Lipinski definition) is 1. The van der Waals surface area contributed by atoms with Crippen LogP contribution in [-0.2, 0) is 0 Å². The molecule has 1 fully saturated rings. The molecule has 3 aromatic carbocycles. The zero-order valence-electron chi connectivity index (χ0n) is 16.8. The highest BCUT2D eigenvalue weighted by atomic mass is 35.5. The predicted octanol–water partition coefficient (Wildman–Crippen LogP) is 4.05. The largest absolute Gasteiger partial charge is 0.322 e. The minimum atomic E-state index is 0.362. The van der Waals surface area contributed by atoms with Crippen molar-refractivity contribution in [3.05, 3.63) is 107 Å². The highest BCUT2D eigenvalue weighted by molar-refractivity contribution is 6.30. The van der Waals surface area contributed by atoms with E-state index in [1.54, 1.807) is 4.90 Å². The lowest BCUT2D eigenvalue weighted by atomic mass is 9.96. The molecule has 3 aromatic rings. The number of hydrogen-bond acceptors (Lipinski definition) is 2. The van der Waals surface area contributed by atoms with Crippen LogP contribution in [0.15, 0.2) is 90.0 Å². The molecule has 1 N–H and O–H groups in total. The van der Waals surface area contributed by atoms with Gasteiger partial charge in [-0.25, -0.2) is 0 Å². The summed E-state index contributed by atoms with van der Waals surface area (Å²) in [5.41, 5.74) is 4.91. The Morgan fingerprint density at radius 1 is 0.828 bits per heavy atom. The van der Waals surface area contributed by atoms with Crippen LogP contribution in [-0.4, -0.2) is 36.9 Å². The molecule has 4 rings (SSSR count). The standard InChI is InChI=1S/C25H26ClN3/c1-20(21-12-14-24(26)15-13-21)27-29-18-16-28(17-19-29)25(22-8-4-2-5-9-22)23-10-6-3-7-11-23/h2-15,25H,16-19H2,1H3/p+1/b27-20-. The average Bonchev–Trinajstić information content (AvgIpc) is 2.77. The Morgan fingerprint density at radius 3 is 1.86 bits per heavy atom. The third-order valence-corrected chi connectivity index (χ3v) is 5.86. The fourth-order valence-corrected chi connectivity index (χ4v) is 4.21. The Morgan fingerprint density at radius 2 is 1.34 bits per heavy atom. The fraction of sp³-hybridized carbons (Fsp3) is 0.240. The van der Waals surface area contributed by atoms with Crippen molar-refractivity contribution in [3.63, 3.8) is 0 Å². The van der Waals surface area contributed by atoms with Gasteiger partial charge in [0.25, 0.3) is 0 Å². The molecular weight excluding hydrogens is 378 g/mol. The summed E-state index contributed by atoms with van der Waals surface area (Å²) >= 11 is 6.00. The third-order valence-electron chi connectivity index (χ3n) is 5.61. The minimum Gasteiger partial charge on any atom is -0.322 e. The molecule has 0 bridgehead atoms. The second-order valence-corrected chi connectivity index (χ2v) is 8.00. The number of nitrogens with zero attached hydrogens (tertiary/aromatic N) is 2. The fourth-order valence-electron chi connectivity index (χ4n) is 4.09. The number of piperazine rings is 1. The molecule has 0 atom stereocenters. The molecule has 1 saturated heterocycles. The minimum absolute atomic E-state index is 0.362. The van der Waals surface area contributed by atoms with Gasteiger partial charge in [0, 0.05) is 16.1 Å². The smallest absolute Gasteiger partial charge is 0.139 e. The normalized spacial score (nSPS) is 15.7. The van der Waals surface area contributed by atoms with Crippen LogP contribution in [0.3, 0.4) is 0 Å². The van der Waals surface area contributed by atoms with Crippen LogP contribution < -0.4 is 4.90 Å². The van der Waals surface area contributed by atoms with Gasteiger partial charge in [-0.2, -0.15) is 5.10 Å². The molecule has 0 aromatic heterocycles. The maximum atomic E-state index is 6.00. The van der Waals surface area contributed by atoms with Crippen LogP contribution in [0.1, 0.15) is 29.7 Å². The molecule has 0 unspecified atom stereocenters. The lowest BCUT2D eigenvalue weighted by Crippen LogP contribution is -3.15. The Bertz CT molecular complexity index is 891. The predicted molar refractivity (Wildman–Crippen MR) is 121 cm³/mol. The molecule has 148 valence electrons. The average molecular weight is 405 g/mol. The first-order chi connectivity index (χ1) is 14.2. The first-order valence-electron chi connectivity index (χ1n) is 10.2. The van der Waals surface area contributed by atoms with Gasteiger partial charge in [0.05, 0.1) is 31.9 Å². The first kappa shape index (κ1) is 19.7. The molecule has 0 radical (unpaired) electrons. The molecule has 1 heterocycles. The van der Waals surface area contributed by atoms with Gasteiger partial charge in [-0.05, 0) is 24.6 Å². The van der Waals surface area contributed by atoms with Crippen molar-refractivity contribution >= 4 is 17.3 Å². The van der Waals surface area contributed by atoms with Gasteiger partial charge in [0.15, 0.2) is 0 Å². The van der Waals surface area contributed by atoms with Gasteiger partial charge in [0.2, 0.25) is 0 Å². The summed E-state index contributed by atoms with van der Waals surface area (Å²) in [7, 11) is 0. The van der Waals surface area contributed by atoms with Gasteiger partial charge in [0.1, 0.15) is 6.04 Å². The lowest BCUT2D eigenvalue weighted by Gasteiger charge is -2.36. The van der Waals surface area contributed by atoms with E-state index in [2.05, 4.69) is 72.6 Å². The number of benzene rings is 3. The number of nitrogens with one attached hydrogen (secondary N) is 1. The number of hydrazone groups is 1. The van der Waals surface area contributed by atoms with E-state index in [-0.39, 0.29) is 0 Å². The molecule has 1 aliphatic rings. The molecule has 4 heteroatoms. The van der Waals surface area contributed by atoms with Crippen LogP contribution in [0.4, 0.5) is 0 Å². The number of halogens is 1. The van der Waals surface area contributed by atoms with Crippen LogP contribution >= 0.6 is 11.6 Å². The summed E-state index contributed by atoms with van der Waals surface area (Å²) < 4.78 is 0. The zero-order chi connectivity index (χ0) is 20.1. The van der Waals surface area contributed by atoms with Crippen molar-refractivity contribution in [2.45, 2.75) is 13.0 Å². The summed E-state index contributed by atoms with van der Waals surface area (Å²) in [6.45, 7) is 6.10. The molecule has 29 heavy (non-hydrogen) atoms. The van der Waals surface area contributed by atoms with Crippen molar-refractivity contribution in [3.8, 4) is 0 Å². The molecule has 0 saturated carbocycles. The summed E-state index contributed by atoms with van der Waals surface area (Å²) in [4.78, 5) is 1.60. The lowest BCUT2D eigenvalue weighted by molar-refractivity contribution is -0.929. The van der Waals surface area contributed by atoms with Gasteiger partial charge in [-0.1, -0.05) is 84.4 Å². The van der Waals surface area contributed by atoms with Crippen molar-refractivity contribution in [2.24, 2.45) is 5.10 Å². The van der Waals surface area contributed by atoms with E-state index in [1.165, 1.54) is 11.1 Å². The van der Waals surface area contributed by atoms with Crippen molar-refractivity contribution in [1.82, 2.24) is 5.01 Å². The van der Waals surface area contributed by atoms with Crippen molar-refractivity contribution < 1.29 is 4.90 Å². The van der Waals surface area contributed by atoms with E-state index in [4.69, 9.17) is 16.7 Å². The van der Waals surface area contributed by atoms with Gasteiger partial charge in [-0.15, -0.1) is 0 Å². The van der Waals surface area contributed by atoms with Crippen LogP contribution in [0.2, 0.25) is 5.02 Å². The monoisotopic (exact) mass is 404 g/mol. The topological polar surface area (TPSA) is 20.0 Å². The molecular formula is C25H27ClN3+. The maximum Gasteiger partial charge on any atom is 0.139 e. The van der Waals surface area contributed by atoms with Gasteiger partial charge < -0.3 is 4.90 Å². The Balaban J connectivity index is 1.48. The SMILES string of the molecule is C/C(=N/N1CC[NH+](C(c2ccccc2)c2ccccc2)CC1)c1ccc(Cl)cc1. The van der Waals surface area contributed by atoms with Crippen LogP contribution in [0, 0.1) is 0 Å². The van der Waals surface area contributed by atoms with Gasteiger partial charge in [-0.3, -0.25) is 5.01 Å². The second-order valence-electron chi connectivity index (χ2n) is 7.56. The highest BCUT2D eigenvalue weighted by Gasteiger charge is 2.29. The van der Waals surface area contributed by atoms with E-state index in [0.29, 0.717) is 6.04 Å². The quantitative estimate of drug-likeness (QED) is 0.636. The highest BCUT2D eigenvalue weighted by Crippen LogP contribution is 2.19. The van der Waals surface area contributed by atoms with Gasteiger partial charge >= 0.3 is 0 Å². The first-order valence-corrected chi connectivity index (χ1v) is 10.6. The maximum absolute atomic E-state index is 6.00. The summed E-state index contributed by atoms with van der Waals surface area (Å²) in [6, 6.07) is 30.0. The van der Waals surface area contributed by atoms with Crippen molar-refractivity contribution in [2.75, 3.05) is 26.2 Å². The van der Waals surface area contributed by atoms with E-state index >= 15 is 0 Å². The second kappa shape index (κ2) is 9.25. The molecule has 3 nitrogen and oxygen atoms in total. The summed E-state index contributed by atoms with van der Waals surface area (Å²) in [6.07, 6.45) is 0. The van der Waals surface area contributed by atoms with Crippen LogP contribution in [0.5, 0.6) is 0 Å². The zero-order valence-corrected chi connectivity index (χ0v) is 17.5. The molecule has 0 spiro atoms. The number of quaternary nitrogens is 1.